The van der Waals surface area contributed by atoms with Crippen LogP contribution in [0.3, 0.4) is 0 Å². The number of carbonyl (C=O) groups is 1. The first-order valence-electron chi connectivity index (χ1n) is 7.46. The topological polar surface area (TPSA) is 55.1 Å². The molecule has 0 fully saturated rings. The molecule has 3 rings (SSSR count). The molecule has 3 aromatic rings. The zero-order chi connectivity index (χ0) is 18.9. The van der Waals surface area contributed by atoms with Crippen LogP contribution in [0.4, 0.5) is 23.2 Å². The van der Waals surface area contributed by atoms with Crippen LogP contribution in [0, 0.1) is 12.7 Å². The molecule has 1 aromatic heterocycles. The predicted octanol–water partition coefficient (Wildman–Crippen LogP) is 5.06. The number of aryl methyl sites for hydroxylation is 1. The van der Waals surface area contributed by atoms with Gasteiger partial charge in [0.25, 0.3) is 5.91 Å². The fraction of sp³-hybridized carbons (Fsp3) is 0.111. The van der Waals surface area contributed by atoms with Crippen LogP contribution in [0.15, 0.2) is 52.9 Å². The Bertz CT molecular complexity index is 947. The molecule has 1 amide bonds. The van der Waals surface area contributed by atoms with Gasteiger partial charge in [0.15, 0.2) is 5.76 Å². The Balaban J connectivity index is 1.80. The van der Waals surface area contributed by atoms with E-state index in [1.807, 2.05) is 0 Å². The molecule has 0 radical (unpaired) electrons. The molecule has 1 N–H and O–H groups in total. The molecule has 0 aliphatic carbocycles. The minimum Gasteiger partial charge on any atom is -0.433 e. The van der Waals surface area contributed by atoms with Crippen molar-refractivity contribution in [3.63, 3.8) is 0 Å². The number of nitrogens with one attached hydrogen (secondary N) is 1. The number of carbonyl (C=O) groups excluding carboxylic acids is 1. The average Bonchev–Trinajstić information content (AvgIpc) is 2.98. The Hall–Kier alpha value is -3.16. The molecule has 2 aromatic carbocycles. The molecule has 0 unspecified atom stereocenters. The lowest BCUT2D eigenvalue weighted by atomic mass is 10.1. The number of alkyl halides is 3. The molecule has 0 bridgehead atoms. The summed E-state index contributed by atoms with van der Waals surface area (Å²) in [5.74, 6) is -2.61. The summed E-state index contributed by atoms with van der Waals surface area (Å²) in [6.45, 7) is 1.40. The van der Waals surface area contributed by atoms with Crippen LogP contribution in [0.25, 0.3) is 11.3 Å². The molecular formula is C18H12F4N2O2. The van der Waals surface area contributed by atoms with Crippen molar-refractivity contribution >= 4 is 11.6 Å². The highest BCUT2D eigenvalue weighted by Crippen LogP contribution is 2.34. The van der Waals surface area contributed by atoms with Gasteiger partial charge in [-0.3, -0.25) is 4.79 Å². The van der Waals surface area contributed by atoms with Gasteiger partial charge in [-0.2, -0.15) is 13.2 Å². The van der Waals surface area contributed by atoms with E-state index in [0.29, 0.717) is 11.3 Å². The highest BCUT2D eigenvalue weighted by Gasteiger charge is 2.38. The molecule has 8 heteroatoms. The molecular weight excluding hydrogens is 352 g/mol. The molecule has 134 valence electrons. The van der Waals surface area contributed by atoms with Gasteiger partial charge in [-0.05, 0) is 43.3 Å². The average molecular weight is 364 g/mol. The van der Waals surface area contributed by atoms with Crippen LogP contribution in [0.2, 0.25) is 0 Å². The third-order valence-corrected chi connectivity index (χ3v) is 3.56. The van der Waals surface area contributed by atoms with Crippen LogP contribution in [-0.4, -0.2) is 10.9 Å². The predicted molar refractivity (Wildman–Crippen MR) is 86.0 cm³/mol. The van der Waals surface area contributed by atoms with Crippen molar-refractivity contribution < 1.29 is 26.8 Å². The van der Waals surface area contributed by atoms with Crippen LogP contribution >= 0.6 is 0 Å². The largest absolute Gasteiger partial charge is 0.468 e. The maximum absolute atomic E-state index is 13.6. The van der Waals surface area contributed by atoms with Gasteiger partial charge in [0.05, 0.1) is 11.3 Å². The third-order valence-electron chi connectivity index (χ3n) is 3.56. The molecule has 0 saturated carbocycles. The van der Waals surface area contributed by atoms with E-state index in [1.54, 1.807) is 0 Å². The summed E-state index contributed by atoms with van der Waals surface area (Å²) in [6.07, 6.45) is -4.67. The Labute approximate surface area is 145 Å². The lowest BCUT2D eigenvalue weighted by molar-refractivity contribution is -0.156. The van der Waals surface area contributed by atoms with Crippen LogP contribution < -0.4 is 5.32 Å². The normalized spacial score (nSPS) is 11.4. The molecule has 1 heterocycles. The molecule has 0 saturated heterocycles. The SMILES string of the molecule is Cc1nc(C(F)(F)F)oc1-c1ccc(NC(=O)c2ccccc2F)cc1. The highest BCUT2D eigenvalue weighted by atomic mass is 19.4. The summed E-state index contributed by atoms with van der Waals surface area (Å²) in [5.41, 5.74) is 0.711. The second-order valence-electron chi connectivity index (χ2n) is 5.44. The van der Waals surface area contributed by atoms with E-state index < -0.39 is 23.8 Å². The molecule has 26 heavy (non-hydrogen) atoms. The summed E-state index contributed by atoms with van der Waals surface area (Å²) in [4.78, 5) is 15.4. The van der Waals surface area contributed by atoms with E-state index in [4.69, 9.17) is 4.42 Å². The van der Waals surface area contributed by atoms with Gasteiger partial charge in [-0.25, -0.2) is 9.37 Å². The number of benzene rings is 2. The van der Waals surface area contributed by atoms with Gasteiger partial charge in [0.2, 0.25) is 0 Å². The second-order valence-corrected chi connectivity index (χ2v) is 5.44. The number of halogens is 4. The zero-order valence-electron chi connectivity index (χ0n) is 13.4. The van der Waals surface area contributed by atoms with E-state index in [2.05, 4.69) is 10.3 Å². The Morgan fingerprint density at radius 1 is 1.08 bits per heavy atom. The zero-order valence-corrected chi connectivity index (χ0v) is 13.4. The van der Waals surface area contributed by atoms with Gasteiger partial charge in [0.1, 0.15) is 5.82 Å². The smallest absolute Gasteiger partial charge is 0.433 e. The van der Waals surface area contributed by atoms with E-state index >= 15 is 0 Å². The Kier molecular flexibility index (Phi) is 4.50. The quantitative estimate of drug-likeness (QED) is 0.661. The lowest BCUT2D eigenvalue weighted by Crippen LogP contribution is -2.13. The fourth-order valence-electron chi connectivity index (χ4n) is 2.33. The molecule has 0 spiro atoms. The second kappa shape index (κ2) is 6.62. The van der Waals surface area contributed by atoms with Crippen molar-refractivity contribution in [3.8, 4) is 11.3 Å². The number of hydrogen-bond donors (Lipinski definition) is 1. The van der Waals surface area contributed by atoms with E-state index in [9.17, 15) is 22.4 Å². The van der Waals surface area contributed by atoms with Gasteiger partial charge in [-0.15, -0.1) is 0 Å². The van der Waals surface area contributed by atoms with Crippen molar-refractivity contribution in [2.45, 2.75) is 13.1 Å². The number of hydrogen-bond acceptors (Lipinski definition) is 3. The molecule has 4 nitrogen and oxygen atoms in total. The lowest BCUT2D eigenvalue weighted by Gasteiger charge is -2.07. The summed E-state index contributed by atoms with van der Waals surface area (Å²) in [7, 11) is 0. The summed E-state index contributed by atoms with van der Waals surface area (Å²) >= 11 is 0. The van der Waals surface area contributed by atoms with Crippen molar-refractivity contribution in [2.75, 3.05) is 5.32 Å². The standard InChI is InChI=1S/C18H12F4N2O2/c1-10-15(26-17(23-10)18(20,21)22)11-6-8-12(9-7-11)24-16(25)13-4-2-3-5-14(13)19/h2-9H,1H3,(H,24,25). The summed E-state index contributed by atoms with van der Waals surface area (Å²) in [5, 5.41) is 2.52. The number of nitrogens with zero attached hydrogens (tertiary/aromatic N) is 1. The Morgan fingerprint density at radius 2 is 1.73 bits per heavy atom. The number of aromatic nitrogens is 1. The maximum Gasteiger partial charge on any atom is 0.468 e. The molecule has 0 atom stereocenters. The third kappa shape index (κ3) is 3.58. The fourth-order valence-corrected chi connectivity index (χ4v) is 2.33. The van der Waals surface area contributed by atoms with Crippen molar-refractivity contribution in [3.05, 3.63) is 71.5 Å². The minimum absolute atomic E-state index is 0.00990. The van der Waals surface area contributed by atoms with Crippen molar-refractivity contribution in [2.24, 2.45) is 0 Å². The van der Waals surface area contributed by atoms with Crippen LogP contribution in [0.5, 0.6) is 0 Å². The number of anilines is 1. The number of oxazole rings is 1. The minimum atomic E-state index is -4.67. The molecule has 0 aliphatic rings. The monoisotopic (exact) mass is 364 g/mol. The van der Waals surface area contributed by atoms with Crippen LogP contribution in [-0.2, 0) is 6.18 Å². The van der Waals surface area contributed by atoms with Crippen molar-refractivity contribution in [1.82, 2.24) is 4.98 Å². The first-order valence-corrected chi connectivity index (χ1v) is 7.46. The number of rotatable bonds is 3. The van der Waals surface area contributed by atoms with Gasteiger partial charge in [-0.1, -0.05) is 12.1 Å². The van der Waals surface area contributed by atoms with Gasteiger partial charge in [0, 0.05) is 11.3 Å². The van der Waals surface area contributed by atoms with E-state index in [1.165, 1.54) is 55.5 Å². The van der Waals surface area contributed by atoms with E-state index in [-0.39, 0.29) is 17.0 Å². The highest BCUT2D eigenvalue weighted by molar-refractivity contribution is 6.04. The first kappa shape index (κ1) is 17.7. The van der Waals surface area contributed by atoms with Crippen LogP contribution in [0.1, 0.15) is 21.9 Å². The Morgan fingerprint density at radius 3 is 2.31 bits per heavy atom. The summed E-state index contributed by atoms with van der Waals surface area (Å²) in [6, 6.07) is 11.4. The summed E-state index contributed by atoms with van der Waals surface area (Å²) < 4.78 is 56.4. The van der Waals surface area contributed by atoms with Gasteiger partial charge >= 0.3 is 12.1 Å². The maximum atomic E-state index is 13.6. The van der Waals surface area contributed by atoms with Crippen molar-refractivity contribution in [1.29, 1.82) is 0 Å². The van der Waals surface area contributed by atoms with E-state index in [0.717, 1.165) is 0 Å². The first-order chi connectivity index (χ1) is 12.3. The number of amides is 1. The van der Waals surface area contributed by atoms with Gasteiger partial charge < -0.3 is 9.73 Å². The molecule has 0 aliphatic heterocycles.